The zero-order chi connectivity index (χ0) is 16.8. The summed E-state index contributed by atoms with van der Waals surface area (Å²) < 4.78 is 1.42. The van der Waals surface area contributed by atoms with Gasteiger partial charge in [-0.05, 0) is 18.2 Å². The molecule has 0 bridgehead atoms. The van der Waals surface area contributed by atoms with Gasteiger partial charge in [0.05, 0.1) is 5.69 Å². The van der Waals surface area contributed by atoms with Crippen LogP contribution in [-0.4, -0.2) is 35.0 Å². The Labute approximate surface area is 140 Å². The number of rotatable bonds is 2. The minimum absolute atomic E-state index is 0.185. The maximum Gasteiger partial charge on any atom is 0.273 e. The van der Waals surface area contributed by atoms with Gasteiger partial charge in [-0.15, -0.1) is 0 Å². The molecule has 0 spiro atoms. The standard InChI is InChI=1S/C17H11N7O/c25-16-7-14(10-3-4-13-15(6-10)22-23-21-13)20-17-12(9-19-24(16)17)11-2-1-5-18-8-11/h1-9,19H,(H,21,22,23). The van der Waals surface area contributed by atoms with Gasteiger partial charge < -0.3 is 0 Å². The van der Waals surface area contributed by atoms with Crippen molar-refractivity contribution in [1.29, 1.82) is 0 Å². The number of hydrogen-bond acceptors (Lipinski definition) is 5. The van der Waals surface area contributed by atoms with E-state index in [0.29, 0.717) is 11.3 Å². The Morgan fingerprint density at radius 3 is 2.80 bits per heavy atom. The summed E-state index contributed by atoms with van der Waals surface area (Å²) >= 11 is 0. The van der Waals surface area contributed by atoms with E-state index in [0.717, 1.165) is 27.7 Å². The van der Waals surface area contributed by atoms with Crippen LogP contribution in [0.3, 0.4) is 0 Å². The van der Waals surface area contributed by atoms with E-state index in [-0.39, 0.29) is 5.56 Å². The Hall–Kier alpha value is -3.81. The predicted octanol–water partition coefficient (Wildman–Crippen LogP) is 2.02. The van der Waals surface area contributed by atoms with Crippen molar-refractivity contribution < 1.29 is 0 Å². The molecule has 8 nitrogen and oxygen atoms in total. The van der Waals surface area contributed by atoms with Gasteiger partial charge in [0.25, 0.3) is 5.56 Å². The molecule has 4 heterocycles. The van der Waals surface area contributed by atoms with E-state index >= 15 is 0 Å². The number of hydrogen-bond donors (Lipinski definition) is 2. The van der Waals surface area contributed by atoms with Gasteiger partial charge in [-0.25, -0.2) is 9.50 Å². The van der Waals surface area contributed by atoms with Gasteiger partial charge >= 0.3 is 0 Å². The zero-order valence-electron chi connectivity index (χ0n) is 12.8. The van der Waals surface area contributed by atoms with Crippen molar-refractivity contribution in [2.75, 3.05) is 0 Å². The number of pyridine rings is 1. The van der Waals surface area contributed by atoms with Crippen LogP contribution in [-0.2, 0) is 0 Å². The topological polar surface area (TPSA) is 105 Å². The van der Waals surface area contributed by atoms with Gasteiger partial charge in [-0.2, -0.15) is 15.4 Å². The van der Waals surface area contributed by atoms with Gasteiger partial charge in [0.15, 0.2) is 5.65 Å². The molecule has 5 aromatic rings. The van der Waals surface area contributed by atoms with Crippen molar-refractivity contribution in [2.24, 2.45) is 0 Å². The Bertz CT molecular complexity index is 1270. The highest BCUT2D eigenvalue weighted by atomic mass is 16.1. The SMILES string of the molecule is O=c1cc(-c2ccc3n[nH]nc3c2)nc2c(-c3cccnc3)c[nH]n12. The van der Waals surface area contributed by atoms with Gasteiger partial charge in [0.1, 0.15) is 11.0 Å². The molecule has 0 fully saturated rings. The summed E-state index contributed by atoms with van der Waals surface area (Å²) in [6.07, 6.45) is 5.20. The van der Waals surface area contributed by atoms with Crippen LogP contribution in [0.15, 0.2) is 59.8 Å². The summed E-state index contributed by atoms with van der Waals surface area (Å²) in [5.41, 5.74) is 4.94. The normalized spacial score (nSPS) is 11.4. The van der Waals surface area contributed by atoms with Crippen LogP contribution in [0.1, 0.15) is 0 Å². The molecule has 120 valence electrons. The molecule has 0 aliphatic rings. The second kappa shape index (κ2) is 5.10. The van der Waals surface area contributed by atoms with Crippen LogP contribution in [0.4, 0.5) is 0 Å². The molecule has 1 aromatic carbocycles. The lowest BCUT2D eigenvalue weighted by molar-refractivity contribution is 0.901. The first-order valence-corrected chi connectivity index (χ1v) is 7.62. The van der Waals surface area contributed by atoms with Crippen LogP contribution >= 0.6 is 0 Å². The second-order valence-electron chi connectivity index (χ2n) is 5.59. The van der Waals surface area contributed by atoms with Crippen molar-refractivity contribution >= 4 is 16.7 Å². The first-order valence-electron chi connectivity index (χ1n) is 7.62. The molecular weight excluding hydrogens is 318 g/mol. The maximum absolute atomic E-state index is 12.5. The molecule has 0 saturated heterocycles. The van der Waals surface area contributed by atoms with Crippen molar-refractivity contribution in [3.8, 4) is 22.4 Å². The van der Waals surface area contributed by atoms with E-state index in [4.69, 9.17) is 0 Å². The van der Waals surface area contributed by atoms with Gasteiger partial charge in [-0.3, -0.25) is 14.9 Å². The number of nitrogens with one attached hydrogen (secondary N) is 2. The molecular formula is C17H11N7O. The van der Waals surface area contributed by atoms with E-state index in [1.54, 1.807) is 18.6 Å². The Kier molecular flexibility index (Phi) is 2.78. The predicted molar refractivity (Wildman–Crippen MR) is 91.9 cm³/mol. The van der Waals surface area contributed by atoms with Gasteiger partial charge in [0.2, 0.25) is 0 Å². The van der Waals surface area contributed by atoms with Crippen molar-refractivity contribution in [3.05, 3.63) is 65.3 Å². The second-order valence-corrected chi connectivity index (χ2v) is 5.59. The summed E-state index contributed by atoms with van der Waals surface area (Å²) in [5, 5.41) is 13.6. The zero-order valence-corrected chi connectivity index (χ0v) is 12.8. The monoisotopic (exact) mass is 329 g/mol. The highest BCUT2D eigenvalue weighted by molar-refractivity contribution is 5.82. The van der Waals surface area contributed by atoms with Crippen LogP contribution in [0.25, 0.3) is 39.1 Å². The smallest absolute Gasteiger partial charge is 0.273 e. The number of aromatic amines is 2. The number of aromatic nitrogens is 7. The van der Waals surface area contributed by atoms with Crippen molar-refractivity contribution in [3.63, 3.8) is 0 Å². The van der Waals surface area contributed by atoms with Crippen molar-refractivity contribution in [2.45, 2.75) is 0 Å². The molecule has 5 rings (SSSR count). The maximum atomic E-state index is 12.5. The summed E-state index contributed by atoms with van der Waals surface area (Å²) in [5.74, 6) is 0. The highest BCUT2D eigenvalue weighted by Gasteiger charge is 2.12. The molecule has 0 unspecified atom stereocenters. The lowest BCUT2D eigenvalue weighted by Crippen LogP contribution is -2.14. The lowest BCUT2D eigenvalue weighted by Gasteiger charge is -2.03. The average molecular weight is 329 g/mol. The first kappa shape index (κ1) is 13.6. The quantitative estimate of drug-likeness (QED) is 0.515. The lowest BCUT2D eigenvalue weighted by atomic mass is 10.1. The summed E-state index contributed by atoms with van der Waals surface area (Å²) in [4.78, 5) is 21.3. The van der Waals surface area contributed by atoms with Gasteiger partial charge in [-0.1, -0.05) is 12.1 Å². The van der Waals surface area contributed by atoms with Crippen LogP contribution in [0, 0.1) is 0 Å². The van der Waals surface area contributed by atoms with Gasteiger partial charge in [0, 0.05) is 41.3 Å². The third-order valence-corrected chi connectivity index (χ3v) is 4.08. The summed E-state index contributed by atoms with van der Waals surface area (Å²) in [6, 6.07) is 10.8. The molecule has 2 N–H and O–H groups in total. The fraction of sp³-hybridized carbons (Fsp3) is 0. The highest BCUT2D eigenvalue weighted by Crippen LogP contribution is 2.25. The van der Waals surface area contributed by atoms with E-state index in [1.165, 1.54) is 10.6 Å². The number of H-pyrrole nitrogens is 2. The average Bonchev–Trinajstić information content (AvgIpc) is 3.28. The third-order valence-electron chi connectivity index (χ3n) is 4.08. The largest absolute Gasteiger partial charge is 0.296 e. The van der Waals surface area contributed by atoms with Crippen LogP contribution in [0.5, 0.6) is 0 Å². The van der Waals surface area contributed by atoms with Crippen LogP contribution in [0.2, 0.25) is 0 Å². The molecule has 4 aromatic heterocycles. The molecule has 0 atom stereocenters. The molecule has 8 heteroatoms. The molecule has 0 amide bonds. The summed E-state index contributed by atoms with van der Waals surface area (Å²) in [7, 11) is 0. The Morgan fingerprint density at radius 2 is 1.92 bits per heavy atom. The summed E-state index contributed by atoms with van der Waals surface area (Å²) in [6.45, 7) is 0. The Balaban J connectivity index is 1.75. The minimum Gasteiger partial charge on any atom is -0.296 e. The minimum atomic E-state index is -0.185. The van der Waals surface area contributed by atoms with Crippen LogP contribution < -0.4 is 5.56 Å². The molecule has 0 aliphatic carbocycles. The number of nitrogens with zero attached hydrogens (tertiary/aromatic N) is 5. The van der Waals surface area contributed by atoms with E-state index in [1.807, 2.05) is 30.3 Å². The number of benzene rings is 1. The fourth-order valence-corrected chi connectivity index (χ4v) is 2.86. The molecule has 0 radical (unpaired) electrons. The number of fused-ring (bicyclic) bond motifs is 2. The van der Waals surface area contributed by atoms with E-state index in [9.17, 15) is 4.79 Å². The third kappa shape index (κ3) is 2.12. The molecule has 0 saturated carbocycles. The molecule has 25 heavy (non-hydrogen) atoms. The van der Waals surface area contributed by atoms with E-state index < -0.39 is 0 Å². The van der Waals surface area contributed by atoms with Crippen molar-refractivity contribution in [1.82, 2.24) is 35.0 Å². The fourth-order valence-electron chi connectivity index (χ4n) is 2.86. The first-order chi connectivity index (χ1) is 12.3. The van der Waals surface area contributed by atoms with E-state index in [2.05, 4.69) is 30.5 Å². The Morgan fingerprint density at radius 1 is 1.00 bits per heavy atom. The molecule has 0 aliphatic heterocycles.